The number of rotatable bonds is 3. The predicted octanol–water partition coefficient (Wildman–Crippen LogP) is 0.150. The van der Waals surface area contributed by atoms with E-state index in [0.29, 0.717) is 7.27 Å². The third-order valence-corrected chi connectivity index (χ3v) is 0.389. The number of carbonyl (C=O) groups is 1. The third kappa shape index (κ3) is 5.62. The van der Waals surface area contributed by atoms with E-state index < -0.39 is 5.24 Å². The Kier molecular flexibility index (Phi) is 3.60. The van der Waals surface area contributed by atoms with Crippen LogP contribution in [0.2, 0.25) is 0 Å². The molecular weight excluding hydrogens is 116 g/mol. The predicted molar refractivity (Wildman–Crippen MR) is 25.3 cm³/mol. The van der Waals surface area contributed by atoms with Crippen molar-refractivity contribution in [3.8, 4) is 0 Å². The molecule has 38 valence electrons. The van der Waals surface area contributed by atoms with Gasteiger partial charge in [0.25, 0.3) is 0 Å². The maximum absolute atomic E-state index is 9.74. The Bertz CT molecular complexity index is 85.8. The number of nitrogens with one attached hydrogen (secondary N) is 1. The Labute approximate surface area is 46.4 Å². The van der Waals surface area contributed by atoms with Crippen LogP contribution in [0.4, 0.5) is 0 Å². The summed E-state index contributed by atoms with van der Waals surface area (Å²) in [6.45, 7) is -0.217. The van der Waals surface area contributed by atoms with Crippen LogP contribution in [0.25, 0.3) is 0 Å². The van der Waals surface area contributed by atoms with Crippen LogP contribution in [0.15, 0.2) is 0 Å². The van der Waals surface area contributed by atoms with Crippen molar-refractivity contribution in [2.75, 3.05) is 6.61 Å². The van der Waals surface area contributed by atoms with Crippen molar-refractivity contribution in [1.29, 1.82) is 5.31 Å². The summed E-state index contributed by atoms with van der Waals surface area (Å²) in [4.78, 5) is 9.74. The van der Waals surface area contributed by atoms with Crippen LogP contribution in [0.3, 0.4) is 0 Å². The molecular formula is C2H3BClNO2. The van der Waals surface area contributed by atoms with Gasteiger partial charge in [-0.1, -0.05) is 0 Å². The van der Waals surface area contributed by atoms with E-state index in [-0.39, 0.29) is 6.61 Å². The van der Waals surface area contributed by atoms with Crippen molar-refractivity contribution in [2.24, 2.45) is 0 Å². The Morgan fingerprint density at radius 3 is 2.71 bits per heavy atom. The molecule has 0 aromatic heterocycles. The molecule has 0 unspecified atom stereocenters. The van der Waals surface area contributed by atoms with Gasteiger partial charge < -0.3 is 0 Å². The molecule has 0 heterocycles. The van der Waals surface area contributed by atoms with Gasteiger partial charge in [0.05, 0.1) is 0 Å². The standard InChI is InChI=1S/C2H3BClNO2/c4-2(6)1-7-3-5/h5H,1H2. The number of hydrogen-bond acceptors (Lipinski definition) is 3. The first kappa shape index (κ1) is 6.62. The van der Waals surface area contributed by atoms with Crippen LogP contribution < -0.4 is 0 Å². The molecule has 0 saturated heterocycles. The van der Waals surface area contributed by atoms with Crippen molar-refractivity contribution in [1.82, 2.24) is 0 Å². The Hall–Kier alpha value is -0.375. The molecule has 0 aliphatic heterocycles. The van der Waals surface area contributed by atoms with Crippen LogP contribution >= 0.6 is 11.6 Å². The molecule has 7 heavy (non-hydrogen) atoms. The minimum absolute atomic E-state index is 0.217. The van der Waals surface area contributed by atoms with E-state index in [1.807, 2.05) is 0 Å². The van der Waals surface area contributed by atoms with E-state index in [2.05, 4.69) is 4.65 Å². The van der Waals surface area contributed by atoms with Gasteiger partial charge in [-0.3, -0.25) is 0 Å². The molecule has 1 N–H and O–H groups in total. The van der Waals surface area contributed by atoms with Gasteiger partial charge in [-0.2, -0.15) is 0 Å². The summed E-state index contributed by atoms with van der Waals surface area (Å²) >= 11 is 4.79. The fourth-order valence-electron chi connectivity index (χ4n) is 0.107. The molecule has 0 aliphatic rings. The van der Waals surface area contributed by atoms with Gasteiger partial charge in [0.1, 0.15) is 0 Å². The van der Waals surface area contributed by atoms with Gasteiger partial charge in [0.2, 0.25) is 0 Å². The molecule has 0 saturated carbocycles. The average molecular weight is 119 g/mol. The molecule has 3 nitrogen and oxygen atoms in total. The van der Waals surface area contributed by atoms with Gasteiger partial charge >= 0.3 is 45.5 Å². The number of hydrogen-bond donors (Lipinski definition) is 1. The first-order valence-electron chi connectivity index (χ1n) is 1.56. The molecule has 0 spiro atoms. The molecule has 0 aromatic rings. The van der Waals surface area contributed by atoms with Crippen molar-refractivity contribution in [3.63, 3.8) is 0 Å². The fourth-order valence-corrected chi connectivity index (χ4v) is 0.170. The fraction of sp³-hybridized carbons (Fsp3) is 0.500. The summed E-state index contributed by atoms with van der Waals surface area (Å²) in [6.07, 6.45) is 0. The molecule has 0 aliphatic carbocycles. The minimum atomic E-state index is -0.594. The summed E-state index contributed by atoms with van der Waals surface area (Å²) in [6, 6.07) is 0. The third-order valence-electron chi connectivity index (χ3n) is 0.280. The van der Waals surface area contributed by atoms with Crippen LogP contribution in [0, 0.1) is 5.31 Å². The SMILES string of the molecule is N=BOCC(=O)Cl. The molecule has 0 bridgehead atoms. The topological polar surface area (TPSA) is 50.1 Å². The van der Waals surface area contributed by atoms with Crippen molar-refractivity contribution in [3.05, 3.63) is 0 Å². The zero-order chi connectivity index (χ0) is 5.70. The second-order valence-corrected chi connectivity index (χ2v) is 1.21. The monoisotopic (exact) mass is 119 g/mol. The first-order chi connectivity index (χ1) is 3.27. The summed E-state index contributed by atoms with van der Waals surface area (Å²) in [5.41, 5.74) is 0. The van der Waals surface area contributed by atoms with E-state index >= 15 is 0 Å². The van der Waals surface area contributed by atoms with Crippen molar-refractivity contribution >= 4 is 24.1 Å². The maximum atomic E-state index is 9.74. The van der Waals surface area contributed by atoms with Crippen molar-refractivity contribution in [2.45, 2.75) is 0 Å². The number of halogens is 1. The quantitative estimate of drug-likeness (QED) is 0.425. The molecule has 0 atom stereocenters. The molecule has 0 fully saturated rings. The zero-order valence-electron chi connectivity index (χ0n) is 3.48. The van der Waals surface area contributed by atoms with E-state index in [4.69, 9.17) is 16.9 Å². The van der Waals surface area contributed by atoms with Crippen LogP contribution in [-0.2, 0) is 9.45 Å². The van der Waals surface area contributed by atoms with Gasteiger partial charge in [-0.15, -0.1) is 0 Å². The van der Waals surface area contributed by atoms with Crippen LogP contribution in [0.1, 0.15) is 0 Å². The second kappa shape index (κ2) is 3.80. The van der Waals surface area contributed by atoms with Gasteiger partial charge in [-0.05, 0) is 0 Å². The van der Waals surface area contributed by atoms with E-state index in [1.165, 1.54) is 0 Å². The van der Waals surface area contributed by atoms with E-state index in [0.717, 1.165) is 0 Å². The van der Waals surface area contributed by atoms with E-state index in [1.54, 1.807) is 0 Å². The molecule has 0 aromatic carbocycles. The summed E-state index contributed by atoms with van der Waals surface area (Å²) in [7, 11) is 0.667. The summed E-state index contributed by atoms with van der Waals surface area (Å²) in [5.74, 6) is 0. The molecule has 5 heteroatoms. The van der Waals surface area contributed by atoms with Gasteiger partial charge in [-0.25, -0.2) is 0 Å². The number of carbonyl (C=O) groups excluding carboxylic acids is 1. The van der Waals surface area contributed by atoms with Crippen LogP contribution in [-0.4, -0.2) is 19.1 Å². The normalized spacial score (nSPS) is 7.00. The Balaban J connectivity index is 2.97. The first-order valence-corrected chi connectivity index (χ1v) is 1.94. The van der Waals surface area contributed by atoms with Gasteiger partial charge in [0, 0.05) is 0 Å². The molecule has 0 amide bonds. The molecule has 0 rings (SSSR count). The molecule has 0 radical (unpaired) electrons. The average Bonchev–Trinajstić information content (AvgIpc) is 1.61. The zero-order valence-corrected chi connectivity index (χ0v) is 4.23. The van der Waals surface area contributed by atoms with E-state index in [9.17, 15) is 4.79 Å². The Morgan fingerprint density at radius 1 is 2.00 bits per heavy atom. The second-order valence-electron chi connectivity index (χ2n) is 0.784. The van der Waals surface area contributed by atoms with Crippen LogP contribution in [0.5, 0.6) is 0 Å². The van der Waals surface area contributed by atoms with Crippen molar-refractivity contribution < 1.29 is 9.45 Å². The summed E-state index contributed by atoms with van der Waals surface area (Å²) in [5, 5.41) is 5.64. The Morgan fingerprint density at radius 2 is 2.57 bits per heavy atom. The van der Waals surface area contributed by atoms with Gasteiger partial charge in [0.15, 0.2) is 0 Å². The summed E-state index contributed by atoms with van der Waals surface area (Å²) < 4.78 is 4.16.